The number of amides is 1. The lowest BCUT2D eigenvalue weighted by Crippen LogP contribution is -2.37. The molecule has 0 unspecified atom stereocenters. The fourth-order valence-electron chi connectivity index (χ4n) is 3.59. The normalized spacial score (nSPS) is 11.0. The molecule has 4 rings (SSSR count). The zero-order valence-corrected chi connectivity index (χ0v) is 18.6. The Labute approximate surface area is 189 Å². The summed E-state index contributed by atoms with van der Waals surface area (Å²) in [4.78, 5) is 17.8. The fourth-order valence-corrected chi connectivity index (χ4v) is 3.59. The molecule has 162 valence electrons. The van der Waals surface area contributed by atoms with Crippen molar-refractivity contribution < 1.29 is 4.79 Å². The summed E-state index contributed by atoms with van der Waals surface area (Å²) in [6, 6.07) is 31.8. The smallest absolute Gasteiger partial charge is 0.272 e. The van der Waals surface area contributed by atoms with Crippen LogP contribution in [0.2, 0.25) is 0 Å². The van der Waals surface area contributed by atoms with Gasteiger partial charge in [0.25, 0.3) is 5.91 Å². The molecule has 0 saturated carbocycles. The minimum atomic E-state index is -0.0331. The maximum atomic E-state index is 13.8. The Kier molecular flexibility index (Phi) is 6.78. The number of nitrogens with zero attached hydrogens (tertiary/aromatic N) is 4. The third-order valence-electron chi connectivity index (χ3n) is 5.32. The SMILES string of the molecule is CN(C)CCN(Cc1ccccc1)C(=O)c1cc(-c2ccccc2)nn1-c1ccccc1. The predicted molar refractivity (Wildman–Crippen MR) is 129 cm³/mol. The Morgan fingerprint density at radius 1 is 0.812 bits per heavy atom. The molecule has 0 atom stereocenters. The van der Waals surface area contributed by atoms with Crippen molar-refractivity contribution in [2.24, 2.45) is 0 Å². The van der Waals surface area contributed by atoms with Gasteiger partial charge < -0.3 is 9.80 Å². The summed E-state index contributed by atoms with van der Waals surface area (Å²) < 4.78 is 1.76. The largest absolute Gasteiger partial charge is 0.332 e. The quantitative estimate of drug-likeness (QED) is 0.410. The highest BCUT2D eigenvalue weighted by atomic mass is 16.2. The molecule has 4 aromatic rings. The van der Waals surface area contributed by atoms with Crippen LogP contribution in [-0.2, 0) is 6.54 Å². The maximum Gasteiger partial charge on any atom is 0.272 e. The number of para-hydroxylation sites is 1. The van der Waals surface area contributed by atoms with Gasteiger partial charge in [-0.15, -0.1) is 0 Å². The van der Waals surface area contributed by atoms with Gasteiger partial charge in [0.05, 0.1) is 11.4 Å². The van der Waals surface area contributed by atoms with E-state index in [2.05, 4.69) is 17.0 Å². The molecule has 0 radical (unpaired) electrons. The lowest BCUT2D eigenvalue weighted by molar-refractivity contribution is 0.0722. The molecule has 1 heterocycles. The van der Waals surface area contributed by atoms with E-state index in [1.807, 2.05) is 104 Å². The van der Waals surface area contributed by atoms with Gasteiger partial charge in [0.2, 0.25) is 0 Å². The molecular weight excluding hydrogens is 396 g/mol. The van der Waals surface area contributed by atoms with Crippen molar-refractivity contribution in [2.45, 2.75) is 6.54 Å². The first-order valence-corrected chi connectivity index (χ1v) is 10.8. The summed E-state index contributed by atoms with van der Waals surface area (Å²) in [7, 11) is 4.04. The number of likely N-dealkylation sites (N-methyl/N-ethyl adjacent to an activating group) is 1. The molecule has 0 aliphatic heterocycles. The van der Waals surface area contributed by atoms with Crippen LogP contribution >= 0.6 is 0 Å². The predicted octanol–water partition coefficient (Wildman–Crippen LogP) is 4.74. The number of carbonyl (C=O) groups is 1. The molecule has 3 aromatic carbocycles. The van der Waals surface area contributed by atoms with Gasteiger partial charge in [-0.05, 0) is 37.9 Å². The topological polar surface area (TPSA) is 41.4 Å². The first-order chi connectivity index (χ1) is 15.6. The molecule has 0 fully saturated rings. The molecule has 1 aromatic heterocycles. The lowest BCUT2D eigenvalue weighted by Gasteiger charge is -2.25. The highest BCUT2D eigenvalue weighted by Gasteiger charge is 2.23. The van der Waals surface area contributed by atoms with Crippen LogP contribution in [0.5, 0.6) is 0 Å². The van der Waals surface area contributed by atoms with E-state index in [0.29, 0.717) is 18.8 Å². The number of benzene rings is 3. The third-order valence-corrected chi connectivity index (χ3v) is 5.32. The zero-order valence-electron chi connectivity index (χ0n) is 18.6. The van der Waals surface area contributed by atoms with Gasteiger partial charge >= 0.3 is 0 Å². The molecule has 5 heteroatoms. The Morgan fingerprint density at radius 2 is 1.41 bits per heavy atom. The molecule has 0 saturated heterocycles. The number of rotatable bonds is 8. The molecule has 0 aliphatic carbocycles. The summed E-state index contributed by atoms with van der Waals surface area (Å²) in [6.07, 6.45) is 0. The lowest BCUT2D eigenvalue weighted by atomic mass is 10.1. The standard InChI is InChI=1S/C27H28N4O/c1-29(2)18-19-30(21-22-12-6-3-7-13-22)27(32)26-20-25(23-14-8-4-9-15-23)28-31(26)24-16-10-5-11-17-24/h3-17,20H,18-19,21H2,1-2H3. The van der Waals surface area contributed by atoms with Crippen LogP contribution in [-0.4, -0.2) is 52.7 Å². The molecule has 0 aliphatic rings. The van der Waals surface area contributed by atoms with Crippen molar-refractivity contribution in [3.05, 3.63) is 108 Å². The van der Waals surface area contributed by atoms with Crippen molar-refractivity contribution in [1.29, 1.82) is 0 Å². The van der Waals surface area contributed by atoms with Crippen LogP contribution in [0.25, 0.3) is 16.9 Å². The minimum Gasteiger partial charge on any atom is -0.332 e. The van der Waals surface area contributed by atoms with E-state index >= 15 is 0 Å². The number of carbonyl (C=O) groups excluding carboxylic acids is 1. The van der Waals surface area contributed by atoms with E-state index in [1.165, 1.54) is 0 Å². The van der Waals surface area contributed by atoms with E-state index < -0.39 is 0 Å². The summed E-state index contributed by atoms with van der Waals surface area (Å²) in [6.45, 7) is 1.96. The number of hydrogen-bond donors (Lipinski definition) is 0. The van der Waals surface area contributed by atoms with Gasteiger partial charge in [-0.25, -0.2) is 4.68 Å². The summed E-state index contributed by atoms with van der Waals surface area (Å²) >= 11 is 0. The molecule has 5 nitrogen and oxygen atoms in total. The summed E-state index contributed by atoms with van der Waals surface area (Å²) in [5.74, 6) is -0.0331. The third kappa shape index (κ3) is 5.13. The highest BCUT2D eigenvalue weighted by Crippen LogP contribution is 2.23. The van der Waals surface area contributed by atoms with Crippen LogP contribution in [0.3, 0.4) is 0 Å². The van der Waals surface area contributed by atoms with E-state index in [9.17, 15) is 4.79 Å². The van der Waals surface area contributed by atoms with Crippen LogP contribution in [0.15, 0.2) is 97.1 Å². The van der Waals surface area contributed by atoms with Crippen molar-refractivity contribution in [3.63, 3.8) is 0 Å². The van der Waals surface area contributed by atoms with Crippen molar-refractivity contribution in [1.82, 2.24) is 19.6 Å². The first kappa shape index (κ1) is 21.5. The van der Waals surface area contributed by atoms with E-state index in [-0.39, 0.29) is 5.91 Å². The molecule has 1 amide bonds. The summed E-state index contributed by atoms with van der Waals surface area (Å²) in [5.41, 5.74) is 4.30. The second-order valence-corrected chi connectivity index (χ2v) is 8.04. The van der Waals surface area contributed by atoms with Crippen LogP contribution in [0, 0.1) is 0 Å². The van der Waals surface area contributed by atoms with Crippen LogP contribution in [0.4, 0.5) is 0 Å². The average Bonchev–Trinajstić information content (AvgIpc) is 3.28. The zero-order chi connectivity index (χ0) is 22.3. The van der Waals surface area contributed by atoms with E-state index in [4.69, 9.17) is 5.10 Å². The van der Waals surface area contributed by atoms with Crippen molar-refractivity contribution >= 4 is 5.91 Å². The van der Waals surface area contributed by atoms with E-state index in [0.717, 1.165) is 29.1 Å². The Bertz CT molecular complexity index is 1140. The van der Waals surface area contributed by atoms with Crippen molar-refractivity contribution in [3.8, 4) is 16.9 Å². The second kappa shape index (κ2) is 10.1. The maximum absolute atomic E-state index is 13.8. The minimum absolute atomic E-state index is 0.0331. The molecule has 32 heavy (non-hydrogen) atoms. The second-order valence-electron chi connectivity index (χ2n) is 8.04. The Hall–Kier alpha value is -3.70. The Morgan fingerprint density at radius 3 is 2.03 bits per heavy atom. The fraction of sp³-hybridized carbons (Fsp3) is 0.185. The Balaban J connectivity index is 1.74. The molecule has 0 spiro atoms. The van der Waals surface area contributed by atoms with Crippen LogP contribution in [0.1, 0.15) is 16.1 Å². The van der Waals surface area contributed by atoms with Gasteiger partial charge in [-0.3, -0.25) is 4.79 Å². The average molecular weight is 425 g/mol. The van der Waals surface area contributed by atoms with Crippen molar-refractivity contribution in [2.75, 3.05) is 27.2 Å². The highest BCUT2D eigenvalue weighted by molar-refractivity contribution is 5.94. The van der Waals surface area contributed by atoms with Gasteiger partial charge in [0, 0.05) is 25.2 Å². The molecule has 0 bridgehead atoms. The number of hydrogen-bond acceptors (Lipinski definition) is 3. The summed E-state index contributed by atoms with van der Waals surface area (Å²) in [5, 5.41) is 4.82. The first-order valence-electron chi connectivity index (χ1n) is 10.8. The molecular formula is C27H28N4O. The van der Waals surface area contributed by atoms with Crippen LogP contribution < -0.4 is 0 Å². The molecule has 0 N–H and O–H groups in total. The van der Waals surface area contributed by atoms with Gasteiger partial charge in [-0.2, -0.15) is 5.10 Å². The van der Waals surface area contributed by atoms with E-state index in [1.54, 1.807) is 4.68 Å². The number of aromatic nitrogens is 2. The monoisotopic (exact) mass is 424 g/mol. The van der Waals surface area contributed by atoms with Gasteiger partial charge in [0.15, 0.2) is 0 Å². The van der Waals surface area contributed by atoms with Gasteiger partial charge in [-0.1, -0.05) is 78.9 Å². The van der Waals surface area contributed by atoms with Gasteiger partial charge in [0.1, 0.15) is 5.69 Å².